The minimum absolute atomic E-state index is 0.0634. The molecule has 0 radical (unpaired) electrons. The van der Waals surface area contributed by atoms with Crippen molar-refractivity contribution in [1.82, 2.24) is 9.91 Å². The fraction of sp³-hybridized carbons (Fsp3) is 0.556. The number of amides is 1. The molecule has 2 atom stereocenters. The van der Waals surface area contributed by atoms with Gasteiger partial charge in [-0.1, -0.05) is 30.3 Å². The standard InChI is InChI=1S/C18H25N3O2/c1-14(22)12-16-8-5-10-20(16)13-18(23)21-11-9-17(19-21)15-6-3-2-4-7-15/h2-4,6-7,14,16,22H,5,8-13H2,1H3. The summed E-state index contributed by atoms with van der Waals surface area (Å²) in [5.41, 5.74) is 2.08. The van der Waals surface area contributed by atoms with E-state index in [9.17, 15) is 9.90 Å². The number of benzene rings is 1. The maximum atomic E-state index is 12.5. The van der Waals surface area contributed by atoms with Crippen molar-refractivity contribution in [2.45, 2.75) is 44.8 Å². The van der Waals surface area contributed by atoms with Crippen LogP contribution in [0.4, 0.5) is 0 Å². The van der Waals surface area contributed by atoms with Crippen LogP contribution in [0.15, 0.2) is 35.4 Å². The summed E-state index contributed by atoms with van der Waals surface area (Å²) in [4.78, 5) is 14.7. The van der Waals surface area contributed by atoms with Crippen LogP contribution in [0, 0.1) is 0 Å². The Labute approximate surface area is 137 Å². The zero-order valence-electron chi connectivity index (χ0n) is 13.7. The fourth-order valence-corrected chi connectivity index (χ4v) is 3.49. The largest absolute Gasteiger partial charge is 0.393 e. The van der Waals surface area contributed by atoms with Gasteiger partial charge < -0.3 is 5.11 Å². The highest BCUT2D eigenvalue weighted by Crippen LogP contribution is 2.22. The third kappa shape index (κ3) is 3.98. The maximum absolute atomic E-state index is 12.5. The summed E-state index contributed by atoms with van der Waals surface area (Å²) >= 11 is 0. The van der Waals surface area contributed by atoms with Crippen LogP contribution in [-0.4, -0.2) is 58.4 Å². The van der Waals surface area contributed by atoms with Crippen molar-refractivity contribution in [1.29, 1.82) is 0 Å². The molecular formula is C18H25N3O2. The van der Waals surface area contributed by atoms with E-state index in [0.717, 1.165) is 43.5 Å². The molecule has 0 spiro atoms. The van der Waals surface area contributed by atoms with Crippen LogP contribution in [0.2, 0.25) is 0 Å². The molecule has 124 valence electrons. The lowest BCUT2D eigenvalue weighted by Crippen LogP contribution is -2.40. The van der Waals surface area contributed by atoms with Crippen molar-refractivity contribution in [3.63, 3.8) is 0 Å². The maximum Gasteiger partial charge on any atom is 0.256 e. The average molecular weight is 315 g/mol. The average Bonchev–Trinajstić information content (AvgIpc) is 3.18. The van der Waals surface area contributed by atoms with Gasteiger partial charge in [-0.2, -0.15) is 5.10 Å². The van der Waals surface area contributed by atoms with E-state index in [1.807, 2.05) is 37.3 Å². The summed E-state index contributed by atoms with van der Waals surface area (Å²) in [6.07, 6.45) is 3.41. The van der Waals surface area contributed by atoms with Crippen molar-refractivity contribution in [3.8, 4) is 0 Å². The van der Waals surface area contributed by atoms with E-state index in [2.05, 4.69) is 10.0 Å². The van der Waals surface area contributed by atoms with Crippen LogP contribution in [0.5, 0.6) is 0 Å². The van der Waals surface area contributed by atoms with Crippen LogP contribution in [-0.2, 0) is 4.79 Å². The van der Waals surface area contributed by atoms with Gasteiger partial charge >= 0.3 is 0 Å². The molecular weight excluding hydrogens is 290 g/mol. The van der Waals surface area contributed by atoms with Gasteiger partial charge in [0.25, 0.3) is 5.91 Å². The quantitative estimate of drug-likeness (QED) is 0.902. The van der Waals surface area contributed by atoms with E-state index < -0.39 is 0 Å². The van der Waals surface area contributed by atoms with Crippen LogP contribution in [0.25, 0.3) is 0 Å². The van der Waals surface area contributed by atoms with Gasteiger partial charge in [-0.15, -0.1) is 0 Å². The first kappa shape index (κ1) is 16.1. The Kier molecular flexibility index (Phi) is 5.08. The molecule has 2 unspecified atom stereocenters. The Morgan fingerprint density at radius 1 is 1.35 bits per heavy atom. The molecule has 5 heteroatoms. The molecule has 0 aromatic heterocycles. The Morgan fingerprint density at radius 3 is 2.87 bits per heavy atom. The highest BCUT2D eigenvalue weighted by Gasteiger charge is 2.30. The number of carbonyl (C=O) groups is 1. The van der Waals surface area contributed by atoms with E-state index in [1.54, 1.807) is 5.01 Å². The zero-order valence-corrected chi connectivity index (χ0v) is 13.7. The van der Waals surface area contributed by atoms with Gasteiger partial charge in [0.2, 0.25) is 0 Å². The number of aliphatic hydroxyl groups is 1. The van der Waals surface area contributed by atoms with E-state index in [4.69, 9.17) is 0 Å². The van der Waals surface area contributed by atoms with Crippen molar-refractivity contribution in [2.75, 3.05) is 19.6 Å². The Bertz CT molecular complexity index is 571. The fourth-order valence-electron chi connectivity index (χ4n) is 3.49. The summed E-state index contributed by atoms with van der Waals surface area (Å²) in [7, 11) is 0. The van der Waals surface area contributed by atoms with Crippen molar-refractivity contribution in [3.05, 3.63) is 35.9 Å². The summed E-state index contributed by atoms with van der Waals surface area (Å²) in [5.74, 6) is 0.0634. The summed E-state index contributed by atoms with van der Waals surface area (Å²) < 4.78 is 0. The van der Waals surface area contributed by atoms with Gasteiger partial charge in [0, 0.05) is 12.5 Å². The number of rotatable bonds is 5. The Balaban J connectivity index is 1.60. The molecule has 0 saturated carbocycles. The third-order valence-electron chi connectivity index (χ3n) is 4.65. The predicted octanol–water partition coefficient (Wildman–Crippen LogP) is 1.86. The van der Waals surface area contributed by atoms with E-state index in [-0.39, 0.29) is 12.0 Å². The summed E-state index contributed by atoms with van der Waals surface area (Å²) in [6.45, 7) is 3.82. The van der Waals surface area contributed by atoms with E-state index >= 15 is 0 Å². The molecule has 23 heavy (non-hydrogen) atoms. The van der Waals surface area contributed by atoms with Crippen molar-refractivity contribution >= 4 is 11.6 Å². The summed E-state index contributed by atoms with van der Waals surface area (Å²) in [6, 6.07) is 10.4. The number of nitrogens with zero attached hydrogens (tertiary/aromatic N) is 3. The van der Waals surface area contributed by atoms with E-state index in [0.29, 0.717) is 19.1 Å². The van der Waals surface area contributed by atoms with E-state index in [1.165, 1.54) is 0 Å². The summed E-state index contributed by atoms with van der Waals surface area (Å²) in [5, 5.41) is 15.7. The molecule has 1 fully saturated rings. The lowest BCUT2D eigenvalue weighted by Gasteiger charge is -2.26. The second-order valence-corrected chi connectivity index (χ2v) is 6.53. The Hall–Kier alpha value is -1.72. The normalized spacial score (nSPS) is 23.1. The smallest absolute Gasteiger partial charge is 0.256 e. The van der Waals surface area contributed by atoms with Crippen molar-refractivity contribution < 1.29 is 9.90 Å². The molecule has 2 heterocycles. The highest BCUT2D eigenvalue weighted by molar-refractivity contribution is 6.02. The SMILES string of the molecule is CC(O)CC1CCCN1CC(=O)N1CCC(c2ccccc2)=N1. The third-order valence-corrected chi connectivity index (χ3v) is 4.65. The first-order chi connectivity index (χ1) is 11.1. The minimum Gasteiger partial charge on any atom is -0.393 e. The molecule has 1 aromatic carbocycles. The second-order valence-electron chi connectivity index (χ2n) is 6.53. The molecule has 1 amide bonds. The van der Waals surface area contributed by atoms with Gasteiger partial charge in [0.1, 0.15) is 0 Å². The Morgan fingerprint density at radius 2 is 2.13 bits per heavy atom. The zero-order chi connectivity index (χ0) is 16.2. The number of hydrogen-bond acceptors (Lipinski definition) is 4. The van der Waals surface area contributed by atoms with Crippen LogP contribution in [0.3, 0.4) is 0 Å². The van der Waals surface area contributed by atoms with Crippen molar-refractivity contribution in [2.24, 2.45) is 5.10 Å². The highest BCUT2D eigenvalue weighted by atomic mass is 16.3. The number of hydrazone groups is 1. The van der Waals surface area contributed by atoms with Gasteiger partial charge in [-0.3, -0.25) is 9.69 Å². The van der Waals surface area contributed by atoms with Crippen LogP contribution in [0.1, 0.15) is 38.2 Å². The van der Waals surface area contributed by atoms with Gasteiger partial charge in [-0.25, -0.2) is 5.01 Å². The monoisotopic (exact) mass is 315 g/mol. The molecule has 1 aromatic rings. The number of hydrogen-bond donors (Lipinski definition) is 1. The van der Waals surface area contributed by atoms with Gasteiger partial charge in [-0.05, 0) is 38.3 Å². The molecule has 3 rings (SSSR count). The number of carbonyl (C=O) groups excluding carboxylic acids is 1. The molecule has 2 aliphatic rings. The lowest BCUT2D eigenvalue weighted by atomic mass is 10.1. The predicted molar refractivity (Wildman–Crippen MR) is 90.2 cm³/mol. The molecule has 1 saturated heterocycles. The van der Waals surface area contributed by atoms with Crippen LogP contribution >= 0.6 is 0 Å². The first-order valence-corrected chi connectivity index (χ1v) is 8.49. The lowest BCUT2D eigenvalue weighted by molar-refractivity contribution is -0.132. The molecule has 0 bridgehead atoms. The minimum atomic E-state index is -0.315. The molecule has 2 aliphatic heterocycles. The number of likely N-dealkylation sites (tertiary alicyclic amines) is 1. The topological polar surface area (TPSA) is 56.1 Å². The second kappa shape index (κ2) is 7.23. The molecule has 0 aliphatic carbocycles. The molecule has 1 N–H and O–H groups in total. The molecule has 5 nitrogen and oxygen atoms in total. The van der Waals surface area contributed by atoms with Crippen LogP contribution < -0.4 is 0 Å². The number of aliphatic hydroxyl groups excluding tert-OH is 1. The first-order valence-electron chi connectivity index (χ1n) is 8.49. The van der Waals surface area contributed by atoms with Gasteiger partial charge in [0.15, 0.2) is 0 Å². The van der Waals surface area contributed by atoms with Gasteiger partial charge in [0.05, 0.1) is 24.9 Å².